The molecule has 0 saturated heterocycles. The van der Waals surface area contributed by atoms with Gasteiger partial charge >= 0.3 is 0 Å². The van der Waals surface area contributed by atoms with Crippen molar-refractivity contribution >= 4 is 10.8 Å². The van der Waals surface area contributed by atoms with Gasteiger partial charge in [-0.3, -0.25) is 0 Å². The van der Waals surface area contributed by atoms with Gasteiger partial charge in [0.2, 0.25) is 0 Å². The Morgan fingerprint density at radius 1 is 0.750 bits per heavy atom. The molecule has 0 N–H and O–H groups in total. The van der Waals surface area contributed by atoms with Crippen LogP contribution in [0, 0.1) is 17.7 Å². The fourth-order valence-electron chi connectivity index (χ4n) is 5.45. The normalized spacial score (nSPS) is 18.8. The molecule has 0 nitrogen and oxygen atoms in total. The quantitative estimate of drug-likeness (QED) is 0.296. The Morgan fingerprint density at radius 3 is 2.19 bits per heavy atom. The van der Waals surface area contributed by atoms with Gasteiger partial charge in [-0.2, -0.15) is 0 Å². The van der Waals surface area contributed by atoms with Crippen molar-refractivity contribution in [3.63, 3.8) is 0 Å². The SMILES string of the molecule is CCCCCc1ccc2c(F)c(-c3ccc(CCC4CCC(CC)CC4)cc3)ccc2c1. The number of aryl methyl sites for hydroxylation is 2. The van der Waals surface area contributed by atoms with Crippen LogP contribution in [0.2, 0.25) is 0 Å². The molecule has 1 saturated carbocycles. The molecule has 0 aliphatic heterocycles. The lowest BCUT2D eigenvalue weighted by molar-refractivity contribution is 0.259. The van der Waals surface area contributed by atoms with E-state index >= 15 is 4.39 Å². The van der Waals surface area contributed by atoms with Crippen molar-refractivity contribution in [2.45, 2.75) is 84.5 Å². The Hall–Kier alpha value is -2.15. The van der Waals surface area contributed by atoms with E-state index < -0.39 is 0 Å². The predicted octanol–water partition coefficient (Wildman–Crippen LogP) is 9.53. The molecule has 1 heteroatoms. The topological polar surface area (TPSA) is 0 Å². The molecule has 0 amide bonds. The monoisotopic (exact) mass is 430 g/mol. The minimum Gasteiger partial charge on any atom is -0.206 e. The number of unbranched alkanes of at least 4 members (excludes halogenated alkanes) is 2. The lowest BCUT2D eigenvalue weighted by Gasteiger charge is -2.27. The summed E-state index contributed by atoms with van der Waals surface area (Å²) >= 11 is 0. The number of rotatable bonds is 9. The maximum absolute atomic E-state index is 15.3. The largest absolute Gasteiger partial charge is 0.206 e. The van der Waals surface area contributed by atoms with Gasteiger partial charge in [-0.1, -0.05) is 113 Å². The van der Waals surface area contributed by atoms with E-state index in [4.69, 9.17) is 0 Å². The predicted molar refractivity (Wildman–Crippen MR) is 137 cm³/mol. The van der Waals surface area contributed by atoms with Crippen LogP contribution in [0.25, 0.3) is 21.9 Å². The summed E-state index contributed by atoms with van der Waals surface area (Å²) in [5, 5.41) is 1.74. The van der Waals surface area contributed by atoms with E-state index in [-0.39, 0.29) is 5.82 Å². The smallest absolute Gasteiger partial charge is 0.138 e. The fraction of sp³-hybridized carbons (Fsp3) is 0.484. The Morgan fingerprint density at radius 2 is 1.47 bits per heavy atom. The third-order valence-electron chi connectivity index (χ3n) is 7.74. The van der Waals surface area contributed by atoms with Crippen LogP contribution in [0.3, 0.4) is 0 Å². The van der Waals surface area contributed by atoms with Crippen LogP contribution in [0.1, 0.15) is 82.8 Å². The van der Waals surface area contributed by atoms with E-state index in [1.54, 1.807) is 0 Å². The first-order valence-corrected chi connectivity index (χ1v) is 13.0. The molecular formula is C31H39F. The molecule has 0 unspecified atom stereocenters. The first-order valence-electron chi connectivity index (χ1n) is 13.0. The molecule has 0 aromatic heterocycles. The van der Waals surface area contributed by atoms with Crippen molar-refractivity contribution in [2.75, 3.05) is 0 Å². The summed E-state index contributed by atoms with van der Waals surface area (Å²) in [5.41, 5.74) is 4.37. The highest BCUT2D eigenvalue weighted by atomic mass is 19.1. The molecule has 0 heterocycles. The summed E-state index contributed by atoms with van der Waals surface area (Å²) in [5.74, 6) is 1.76. The first-order chi connectivity index (χ1) is 15.7. The summed E-state index contributed by atoms with van der Waals surface area (Å²) in [4.78, 5) is 0. The van der Waals surface area contributed by atoms with Gasteiger partial charge in [-0.15, -0.1) is 0 Å². The lowest BCUT2D eigenvalue weighted by Crippen LogP contribution is -2.14. The third kappa shape index (κ3) is 5.61. The average molecular weight is 431 g/mol. The van der Waals surface area contributed by atoms with Crippen molar-refractivity contribution in [2.24, 2.45) is 11.8 Å². The van der Waals surface area contributed by atoms with E-state index in [1.165, 1.54) is 68.9 Å². The summed E-state index contributed by atoms with van der Waals surface area (Å²) in [6.45, 7) is 4.55. The average Bonchev–Trinajstić information content (AvgIpc) is 2.84. The molecule has 1 aliphatic carbocycles. The van der Waals surface area contributed by atoms with Crippen molar-refractivity contribution in [3.8, 4) is 11.1 Å². The number of hydrogen-bond donors (Lipinski definition) is 0. The second kappa shape index (κ2) is 11.1. The van der Waals surface area contributed by atoms with Gasteiger partial charge in [0.25, 0.3) is 0 Å². The molecule has 0 radical (unpaired) electrons. The molecule has 0 bridgehead atoms. The van der Waals surface area contributed by atoms with Crippen molar-refractivity contribution in [1.82, 2.24) is 0 Å². The van der Waals surface area contributed by atoms with E-state index in [9.17, 15) is 0 Å². The van der Waals surface area contributed by atoms with Crippen LogP contribution >= 0.6 is 0 Å². The maximum atomic E-state index is 15.3. The second-order valence-corrected chi connectivity index (χ2v) is 9.97. The van der Waals surface area contributed by atoms with E-state index in [2.05, 4.69) is 56.3 Å². The molecule has 3 aromatic carbocycles. The van der Waals surface area contributed by atoms with Crippen molar-refractivity contribution in [1.29, 1.82) is 0 Å². The van der Waals surface area contributed by atoms with Crippen LogP contribution in [-0.2, 0) is 12.8 Å². The van der Waals surface area contributed by atoms with Crippen LogP contribution in [-0.4, -0.2) is 0 Å². The highest BCUT2D eigenvalue weighted by molar-refractivity contribution is 5.88. The van der Waals surface area contributed by atoms with Gasteiger partial charge < -0.3 is 0 Å². The molecule has 1 fully saturated rings. The third-order valence-corrected chi connectivity index (χ3v) is 7.74. The Labute approximate surface area is 194 Å². The summed E-state index contributed by atoms with van der Waals surface area (Å²) < 4.78 is 15.3. The molecule has 170 valence electrons. The number of benzene rings is 3. The summed E-state index contributed by atoms with van der Waals surface area (Å²) in [6.07, 6.45) is 14.2. The number of hydrogen-bond acceptors (Lipinski definition) is 0. The van der Waals surface area contributed by atoms with E-state index in [0.717, 1.165) is 41.0 Å². The molecular weight excluding hydrogens is 391 g/mol. The van der Waals surface area contributed by atoms with Gasteiger partial charge in [0.05, 0.1) is 0 Å². The molecule has 3 aromatic rings. The van der Waals surface area contributed by atoms with Gasteiger partial charge in [-0.05, 0) is 59.6 Å². The number of fused-ring (bicyclic) bond motifs is 1. The fourth-order valence-corrected chi connectivity index (χ4v) is 5.45. The summed E-state index contributed by atoms with van der Waals surface area (Å²) in [7, 11) is 0. The van der Waals surface area contributed by atoms with Crippen LogP contribution < -0.4 is 0 Å². The molecule has 0 spiro atoms. The minimum atomic E-state index is -0.0944. The Balaban J connectivity index is 1.41. The Kier molecular flexibility index (Phi) is 8.00. The zero-order valence-electron chi connectivity index (χ0n) is 20.0. The van der Waals surface area contributed by atoms with Crippen molar-refractivity contribution in [3.05, 3.63) is 71.5 Å². The van der Waals surface area contributed by atoms with Gasteiger partial charge in [0, 0.05) is 10.9 Å². The lowest BCUT2D eigenvalue weighted by atomic mass is 9.78. The van der Waals surface area contributed by atoms with Gasteiger partial charge in [0.1, 0.15) is 5.82 Å². The van der Waals surface area contributed by atoms with Crippen LogP contribution in [0.5, 0.6) is 0 Å². The highest BCUT2D eigenvalue weighted by Crippen LogP contribution is 2.34. The van der Waals surface area contributed by atoms with Crippen molar-refractivity contribution < 1.29 is 4.39 Å². The van der Waals surface area contributed by atoms with Crippen LogP contribution in [0.4, 0.5) is 4.39 Å². The molecule has 32 heavy (non-hydrogen) atoms. The summed E-state index contributed by atoms with van der Waals surface area (Å²) in [6, 6.07) is 18.9. The Bertz CT molecular complexity index is 993. The molecule has 4 rings (SSSR count). The molecule has 1 aliphatic rings. The zero-order chi connectivity index (χ0) is 22.3. The number of halogens is 1. The van der Waals surface area contributed by atoms with E-state index in [0.29, 0.717) is 5.56 Å². The van der Waals surface area contributed by atoms with Gasteiger partial charge in [-0.25, -0.2) is 4.39 Å². The highest BCUT2D eigenvalue weighted by Gasteiger charge is 2.19. The maximum Gasteiger partial charge on any atom is 0.138 e. The van der Waals surface area contributed by atoms with Gasteiger partial charge in [0.15, 0.2) is 0 Å². The minimum absolute atomic E-state index is 0.0944. The zero-order valence-corrected chi connectivity index (χ0v) is 20.0. The van der Waals surface area contributed by atoms with E-state index in [1.807, 2.05) is 12.1 Å². The molecule has 0 atom stereocenters. The second-order valence-electron chi connectivity index (χ2n) is 9.97. The van der Waals surface area contributed by atoms with Crippen LogP contribution in [0.15, 0.2) is 54.6 Å². The standard InChI is InChI=1S/C31H39F/c1-3-5-6-7-26-16-20-30-28(22-26)19-21-29(31(30)32)27-17-14-25(15-18-27)13-12-24-10-8-23(4-2)9-11-24/h14-24H,3-13H2,1-2H3. The first kappa shape index (κ1) is 23.0.